The number of aromatic nitrogens is 4. The van der Waals surface area contributed by atoms with Gasteiger partial charge in [-0.1, -0.05) is 0 Å². The first-order valence-corrected chi connectivity index (χ1v) is 3.93. The van der Waals surface area contributed by atoms with E-state index in [1.165, 1.54) is 6.33 Å². The zero-order valence-corrected chi connectivity index (χ0v) is 6.90. The van der Waals surface area contributed by atoms with Crippen LogP contribution < -0.4 is 11.3 Å². The highest BCUT2D eigenvalue weighted by Gasteiger charge is 2.01. The van der Waals surface area contributed by atoms with Gasteiger partial charge in [0.05, 0.1) is 0 Å². The van der Waals surface area contributed by atoms with E-state index in [2.05, 4.69) is 15.2 Å². The van der Waals surface area contributed by atoms with Crippen LogP contribution in [0.5, 0.6) is 0 Å². The maximum absolute atomic E-state index is 11.3. The number of hydrogen-bond acceptors (Lipinski definition) is 4. The number of aromatic amines is 1. The second kappa shape index (κ2) is 2.98. The van der Waals surface area contributed by atoms with Crippen LogP contribution in [0.2, 0.25) is 0 Å². The maximum atomic E-state index is 11.3. The van der Waals surface area contributed by atoms with Crippen molar-refractivity contribution in [2.45, 2.75) is 6.42 Å². The van der Waals surface area contributed by atoms with Gasteiger partial charge in [0, 0.05) is 11.8 Å². The minimum atomic E-state index is -0.147. The molecule has 0 amide bonds. The van der Waals surface area contributed by atoms with Crippen molar-refractivity contribution >= 4 is 5.78 Å². The number of nitrogens with two attached hydrogens (primary N) is 1. The van der Waals surface area contributed by atoms with Gasteiger partial charge >= 0.3 is 0 Å². The fourth-order valence-corrected chi connectivity index (χ4v) is 1.17. The van der Waals surface area contributed by atoms with E-state index in [0.29, 0.717) is 24.3 Å². The van der Waals surface area contributed by atoms with Gasteiger partial charge in [-0.15, -0.1) is 10.2 Å². The van der Waals surface area contributed by atoms with Crippen molar-refractivity contribution in [3.63, 3.8) is 0 Å². The van der Waals surface area contributed by atoms with Crippen LogP contribution in [0.1, 0.15) is 5.56 Å². The van der Waals surface area contributed by atoms with Crippen molar-refractivity contribution in [2.75, 3.05) is 6.54 Å². The summed E-state index contributed by atoms with van der Waals surface area (Å²) in [6, 6.07) is 0. The summed E-state index contributed by atoms with van der Waals surface area (Å²) < 4.78 is 1.66. The molecule has 0 saturated carbocycles. The fourth-order valence-electron chi connectivity index (χ4n) is 1.17. The molecule has 68 valence electrons. The van der Waals surface area contributed by atoms with E-state index < -0.39 is 0 Å². The Balaban J connectivity index is 2.62. The molecule has 0 aliphatic rings. The molecule has 0 aliphatic carbocycles. The van der Waals surface area contributed by atoms with Gasteiger partial charge in [0.1, 0.15) is 6.33 Å². The molecule has 2 aromatic rings. The Hall–Kier alpha value is -1.69. The van der Waals surface area contributed by atoms with Crippen LogP contribution in [-0.2, 0) is 6.42 Å². The molecule has 6 nitrogen and oxygen atoms in total. The predicted octanol–water partition coefficient (Wildman–Crippen LogP) is -1.08. The standard InChI is InChI=1S/C7H9N5O/c8-2-1-5-3-12-4-9-11-7(12)10-6(5)13/h3-4H,1-2,8H2,(H,10,11,13). The summed E-state index contributed by atoms with van der Waals surface area (Å²) in [4.78, 5) is 13.9. The highest BCUT2D eigenvalue weighted by Crippen LogP contribution is 1.94. The molecule has 0 fully saturated rings. The summed E-state index contributed by atoms with van der Waals surface area (Å²) in [7, 11) is 0. The molecule has 2 rings (SSSR count). The van der Waals surface area contributed by atoms with Crippen molar-refractivity contribution < 1.29 is 0 Å². The minimum Gasteiger partial charge on any atom is -0.330 e. The number of H-pyrrole nitrogens is 1. The third-order valence-corrected chi connectivity index (χ3v) is 1.80. The van der Waals surface area contributed by atoms with Gasteiger partial charge in [0.15, 0.2) is 0 Å². The Morgan fingerprint density at radius 3 is 3.23 bits per heavy atom. The quantitative estimate of drug-likeness (QED) is 0.613. The summed E-state index contributed by atoms with van der Waals surface area (Å²) in [5, 5.41) is 7.36. The van der Waals surface area contributed by atoms with Gasteiger partial charge in [-0.05, 0) is 13.0 Å². The van der Waals surface area contributed by atoms with E-state index in [1.807, 2.05) is 0 Å². The lowest BCUT2D eigenvalue weighted by Gasteiger charge is -1.97. The molecule has 0 saturated heterocycles. The van der Waals surface area contributed by atoms with Gasteiger partial charge in [-0.25, -0.2) is 0 Å². The first-order chi connectivity index (χ1) is 6.31. The summed E-state index contributed by atoms with van der Waals surface area (Å²) in [5.41, 5.74) is 5.86. The van der Waals surface area contributed by atoms with E-state index in [-0.39, 0.29) is 5.56 Å². The number of fused-ring (bicyclic) bond motifs is 1. The second-order valence-electron chi connectivity index (χ2n) is 2.71. The Kier molecular flexibility index (Phi) is 1.82. The number of nitrogens with one attached hydrogen (secondary N) is 1. The molecular weight excluding hydrogens is 170 g/mol. The lowest BCUT2D eigenvalue weighted by atomic mass is 10.2. The Labute approximate surface area is 73.4 Å². The number of hydrogen-bond donors (Lipinski definition) is 2. The monoisotopic (exact) mass is 179 g/mol. The largest absolute Gasteiger partial charge is 0.330 e. The Morgan fingerprint density at radius 1 is 1.62 bits per heavy atom. The topological polar surface area (TPSA) is 89.1 Å². The van der Waals surface area contributed by atoms with Crippen molar-refractivity contribution in [3.8, 4) is 0 Å². The lowest BCUT2D eigenvalue weighted by molar-refractivity contribution is 0.915. The van der Waals surface area contributed by atoms with Gasteiger partial charge in [-0.2, -0.15) is 0 Å². The van der Waals surface area contributed by atoms with Crippen LogP contribution >= 0.6 is 0 Å². The fraction of sp³-hybridized carbons (Fsp3) is 0.286. The van der Waals surface area contributed by atoms with E-state index in [4.69, 9.17) is 5.73 Å². The number of rotatable bonds is 2. The van der Waals surface area contributed by atoms with Crippen LogP contribution in [0, 0.1) is 0 Å². The van der Waals surface area contributed by atoms with Crippen LogP contribution in [-0.4, -0.2) is 26.1 Å². The van der Waals surface area contributed by atoms with Crippen LogP contribution in [0.3, 0.4) is 0 Å². The summed E-state index contributed by atoms with van der Waals surface area (Å²) in [6.45, 7) is 0.455. The number of nitrogens with zero attached hydrogens (tertiary/aromatic N) is 3. The van der Waals surface area contributed by atoms with Gasteiger partial charge < -0.3 is 5.73 Å². The molecule has 13 heavy (non-hydrogen) atoms. The maximum Gasteiger partial charge on any atom is 0.255 e. The van der Waals surface area contributed by atoms with Gasteiger partial charge in [0.2, 0.25) is 5.78 Å². The smallest absolute Gasteiger partial charge is 0.255 e. The molecule has 2 aromatic heterocycles. The minimum absolute atomic E-state index is 0.147. The molecule has 2 heterocycles. The van der Waals surface area contributed by atoms with Crippen molar-refractivity contribution in [2.24, 2.45) is 5.73 Å². The molecule has 6 heteroatoms. The van der Waals surface area contributed by atoms with Crippen molar-refractivity contribution in [3.05, 3.63) is 28.4 Å². The van der Waals surface area contributed by atoms with Crippen LogP contribution in [0.25, 0.3) is 5.78 Å². The Bertz CT molecular complexity index is 471. The van der Waals surface area contributed by atoms with Gasteiger partial charge in [0.25, 0.3) is 5.56 Å². The molecular formula is C7H9N5O. The first kappa shape index (κ1) is 7.93. The SMILES string of the molecule is NCCc1cn2cnnc2[nH]c1=O. The van der Waals surface area contributed by atoms with E-state index >= 15 is 0 Å². The predicted molar refractivity (Wildman–Crippen MR) is 46.4 cm³/mol. The molecule has 0 bridgehead atoms. The molecule has 0 aliphatic heterocycles. The molecule has 0 radical (unpaired) electrons. The summed E-state index contributed by atoms with van der Waals surface area (Å²) in [6.07, 6.45) is 3.79. The third kappa shape index (κ3) is 1.31. The van der Waals surface area contributed by atoms with Crippen molar-refractivity contribution in [1.82, 2.24) is 19.6 Å². The molecule has 0 aromatic carbocycles. The van der Waals surface area contributed by atoms with Crippen molar-refractivity contribution in [1.29, 1.82) is 0 Å². The zero-order chi connectivity index (χ0) is 9.26. The highest BCUT2D eigenvalue weighted by molar-refractivity contribution is 5.26. The van der Waals surface area contributed by atoms with E-state index in [9.17, 15) is 4.79 Å². The highest BCUT2D eigenvalue weighted by atomic mass is 16.1. The van der Waals surface area contributed by atoms with Gasteiger partial charge in [-0.3, -0.25) is 14.2 Å². The zero-order valence-electron chi connectivity index (χ0n) is 6.90. The molecule has 0 atom stereocenters. The van der Waals surface area contributed by atoms with E-state index in [1.54, 1.807) is 10.6 Å². The third-order valence-electron chi connectivity index (χ3n) is 1.80. The molecule has 3 N–H and O–H groups in total. The van der Waals surface area contributed by atoms with Crippen LogP contribution in [0.4, 0.5) is 0 Å². The van der Waals surface area contributed by atoms with Crippen LogP contribution in [0.15, 0.2) is 17.3 Å². The second-order valence-corrected chi connectivity index (χ2v) is 2.71. The normalized spacial score (nSPS) is 10.8. The lowest BCUT2D eigenvalue weighted by Crippen LogP contribution is -2.17. The van der Waals surface area contributed by atoms with E-state index in [0.717, 1.165) is 0 Å². The average molecular weight is 179 g/mol. The average Bonchev–Trinajstić information content (AvgIpc) is 2.52. The summed E-state index contributed by atoms with van der Waals surface area (Å²) in [5.74, 6) is 0.450. The first-order valence-electron chi connectivity index (χ1n) is 3.93. The Morgan fingerprint density at radius 2 is 2.46 bits per heavy atom. The summed E-state index contributed by atoms with van der Waals surface area (Å²) >= 11 is 0. The molecule has 0 unspecified atom stereocenters. The molecule has 0 spiro atoms.